The lowest BCUT2D eigenvalue weighted by Gasteiger charge is -2.35. The van der Waals surface area contributed by atoms with Gasteiger partial charge in [0.15, 0.2) is 0 Å². The number of hydrogen-bond acceptors (Lipinski definition) is 4. The molecule has 1 saturated heterocycles. The van der Waals surface area contributed by atoms with Crippen molar-refractivity contribution in [1.82, 2.24) is 14.8 Å². The van der Waals surface area contributed by atoms with Crippen molar-refractivity contribution in [3.63, 3.8) is 0 Å². The first kappa shape index (κ1) is 20.4. The predicted octanol–water partition coefficient (Wildman–Crippen LogP) is 4.57. The van der Waals surface area contributed by atoms with Crippen molar-refractivity contribution in [3.8, 4) is 11.1 Å². The second-order valence-corrected chi connectivity index (χ2v) is 10.2. The van der Waals surface area contributed by atoms with Gasteiger partial charge in [-0.05, 0) is 29.9 Å². The fourth-order valence-corrected chi connectivity index (χ4v) is 5.70. The highest BCUT2D eigenvalue weighted by molar-refractivity contribution is 7.17. The summed E-state index contributed by atoms with van der Waals surface area (Å²) in [5, 5.41) is 2.00. The Morgan fingerprint density at radius 2 is 1.73 bits per heavy atom. The van der Waals surface area contributed by atoms with Gasteiger partial charge in [0.05, 0.1) is 15.8 Å². The van der Waals surface area contributed by atoms with Crippen LogP contribution in [0.3, 0.4) is 0 Å². The SMILES string of the molecule is [C-]#[N+]C1(c2ccc(-c3c(C(=O)N4CCN(C(=O)C5CC5)CC4)cnc4ccsc34)cc2)CC1. The summed E-state index contributed by atoms with van der Waals surface area (Å²) in [6.45, 7) is 9.81. The molecule has 3 heterocycles. The molecule has 0 radical (unpaired) electrons. The summed E-state index contributed by atoms with van der Waals surface area (Å²) in [6.07, 6.45) is 5.54. The zero-order valence-electron chi connectivity index (χ0n) is 18.3. The van der Waals surface area contributed by atoms with Crippen LogP contribution in [0.2, 0.25) is 0 Å². The molecule has 0 atom stereocenters. The molecule has 2 aliphatic carbocycles. The molecule has 166 valence electrons. The predicted molar refractivity (Wildman–Crippen MR) is 128 cm³/mol. The second kappa shape index (κ2) is 7.67. The van der Waals surface area contributed by atoms with Gasteiger partial charge in [0.25, 0.3) is 11.4 Å². The summed E-state index contributed by atoms with van der Waals surface area (Å²) in [6, 6.07) is 10.1. The fraction of sp³-hybridized carbons (Fsp3) is 0.385. The average Bonchev–Trinajstić information content (AvgIpc) is 3.80. The number of pyridine rings is 1. The zero-order valence-corrected chi connectivity index (χ0v) is 19.1. The molecule has 3 aliphatic rings. The van der Waals surface area contributed by atoms with E-state index in [1.165, 1.54) is 0 Å². The Kier molecular flexibility index (Phi) is 4.73. The summed E-state index contributed by atoms with van der Waals surface area (Å²) in [5.41, 5.74) is 4.09. The first-order valence-electron chi connectivity index (χ1n) is 11.5. The van der Waals surface area contributed by atoms with Crippen LogP contribution in [0.5, 0.6) is 0 Å². The summed E-state index contributed by atoms with van der Waals surface area (Å²) >= 11 is 1.59. The lowest BCUT2D eigenvalue weighted by molar-refractivity contribution is -0.134. The van der Waals surface area contributed by atoms with E-state index in [2.05, 4.69) is 9.83 Å². The number of benzene rings is 1. The highest BCUT2D eigenvalue weighted by Gasteiger charge is 2.52. The van der Waals surface area contributed by atoms with E-state index >= 15 is 0 Å². The number of aromatic nitrogens is 1. The molecule has 1 aliphatic heterocycles. The van der Waals surface area contributed by atoms with Crippen LogP contribution in [0.1, 0.15) is 41.6 Å². The van der Waals surface area contributed by atoms with Gasteiger partial charge in [0.2, 0.25) is 5.91 Å². The van der Waals surface area contributed by atoms with Crippen LogP contribution >= 0.6 is 11.3 Å². The van der Waals surface area contributed by atoms with E-state index in [4.69, 9.17) is 6.57 Å². The molecule has 3 aromatic rings. The Bertz CT molecular complexity index is 1290. The minimum atomic E-state index is -0.342. The number of thiophene rings is 1. The third-order valence-electron chi connectivity index (χ3n) is 7.16. The van der Waals surface area contributed by atoms with Crippen LogP contribution in [-0.2, 0) is 10.3 Å². The number of piperazine rings is 1. The first-order valence-corrected chi connectivity index (χ1v) is 12.4. The summed E-state index contributed by atoms with van der Waals surface area (Å²) in [4.78, 5) is 38.2. The number of rotatable bonds is 4. The molecule has 6 nitrogen and oxygen atoms in total. The largest absolute Gasteiger partial charge is 0.339 e. The maximum absolute atomic E-state index is 13.6. The first-order chi connectivity index (χ1) is 16.1. The third kappa shape index (κ3) is 3.50. The molecule has 0 unspecified atom stereocenters. The van der Waals surface area contributed by atoms with Crippen LogP contribution in [0, 0.1) is 12.5 Å². The van der Waals surface area contributed by atoms with E-state index in [1.807, 2.05) is 45.5 Å². The molecule has 2 amide bonds. The second-order valence-electron chi connectivity index (χ2n) is 9.29. The van der Waals surface area contributed by atoms with Gasteiger partial charge in [0, 0.05) is 62.3 Å². The number of carbonyl (C=O) groups is 2. The zero-order chi connectivity index (χ0) is 22.6. The molecule has 2 aromatic heterocycles. The van der Waals surface area contributed by atoms with Crippen molar-refractivity contribution in [1.29, 1.82) is 0 Å². The van der Waals surface area contributed by atoms with Gasteiger partial charge in [-0.15, -0.1) is 11.3 Å². The molecule has 33 heavy (non-hydrogen) atoms. The Labute approximate surface area is 196 Å². The van der Waals surface area contributed by atoms with Crippen LogP contribution < -0.4 is 0 Å². The molecule has 0 bridgehead atoms. The van der Waals surface area contributed by atoms with Crippen molar-refractivity contribution in [3.05, 3.63) is 64.5 Å². The lowest BCUT2D eigenvalue weighted by Crippen LogP contribution is -2.51. The highest BCUT2D eigenvalue weighted by Crippen LogP contribution is 2.50. The molecular formula is C26H24N4O2S. The van der Waals surface area contributed by atoms with E-state index in [0.717, 1.165) is 52.6 Å². The minimum absolute atomic E-state index is 0.0322. The van der Waals surface area contributed by atoms with Crippen molar-refractivity contribution in [2.45, 2.75) is 31.2 Å². The molecule has 3 fully saturated rings. The number of nitrogens with zero attached hydrogens (tertiary/aromatic N) is 4. The molecular weight excluding hydrogens is 432 g/mol. The van der Waals surface area contributed by atoms with Gasteiger partial charge < -0.3 is 14.6 Å². The molecule has 6 rings (SSSR count). The number of carbonyl (C=O) groups excluding carboxylic acids is 2. The highest BCUT2D eigenvalue weighted by atomic mass is 32.1. The van der Waals surface area contributed by atoms with E-state index in [0.29, 0.717) is 31.7 Å². The maximum Gasteiger partial charge on any atom is 0.258 e. The standard InChI is InChI=1S/C26H24N4O2S/c1-27-26(9-10-26)19-6-4-17(5-7-19)22-20(16-28-21-8-15-33-23(21)22)25(32)30-13-11-29(12-14-30)24(31)18-2-3-18/h4-8,15-16,18H,2-3,9-14H2. The van der Waals surface area contributed by atoms with Crippen LogP contribution in [0.4, 0.5) is 0 Å². The van der Waals surface area contributed by atoms with E-state index in [9.17, 15) is 9.59 Å². The number of amides is 2. The number of hydrogen-bond donors (Lipinski definition) is 0. The Balaban J connectivity index is 1.31. The van der Waals surface area contributed by atoms with Gasteiger partial charge in [0.1, 0.15) is 0 Å². The van der Waals surface area contributed by atoms with Crippen molar-refractivity contribution >= 4 is 33.4 Å². The molecule has 0 spiro atoms. The van der Waals surface area contributed by atoms with Crippen molar-refractivity contribution in [2.24, 2.45) is 5.92 Å². The van der Waals surface area contributed by atoms with Crippen LogP contribution in [0.25, 0.3) is 26.2 Å². The van der Waals surface area contributed by atoms with Crippen LogP contribution in [0.15, 0.2) is 41.9 Å². The fourth-order valence-electron chi connectivity index (χ4n) is 4.78. The molecule has 2 saturated carbocycles. The van der Waals surface area contributed by atoms with Gasteiger partial charge in [-0.1, -0.05) is 24.3 Å². The van der Waals surface area contributed by atoms with Gasteiger partial charge in [-0.3, -0.25) is 14.6 Å². The minimum Gasteiger partial charge on any atom is -0.339 e. The number of fused-ring (bicyclic) bond motifs is 1. The van der Waals surface area contributed by atoms with Gasteiger partial charge in [-0.2, -0.15) is 0 Å². The Hall–Kier alpha value is -3.24. The molecule has 7 heteroatoms. The van der Waals surface area contributed by atoms with Crippen LogP contribution in [-0.4, -0.2) is 52.8 Å². The quantitative estimate of drug-likeness (QED) is 0.541. The summed E-state index contributed by atoms with van der Waals surface area (Å²) in [5.74, 6) is 0.428. The Morgan fingerprint density at radius 3 is 2.36 bits per heavy atom. The molecule has 0 N–H and O–H groups in total. The summed E-state index contributed by atoms with van der Waals surface area (Å²) in [7, 11) is 0. The van der Waals surface area contributed by atoms with E-state index in [-0.39, 0.29) is 23.3 Å². The third-order valence-corrected chi connectivity index (χ3v) is 8.08. The normalized spacial score (nSPS) is 19.4. The molecule has 1 aromatic carbocycles. The average molecular weight is 457 g/mol. The van der Waals surface area contributed by atoms with E-state index < -0.39 is 0 Å². The van der Waals surface area contributed by atoms with Crippen molar-refractivity contribution in [2.75, 3.05) is 26.2 Å². The van der Waals surface area contributed by atoms with Gasteiger partial charge in [-0.25, -0.2) is 6.57 Å². The maximum atomic E-state index is 13.6. The topological polar surface area (TPSA) is 57.9 Å². The Morgan fingerprint density at radius 1 is 1.03 bits per heavy atom. The summed E-state index contributed by atoms with van der Waals surface area (Å²) < 4.78 is 1.00. The van der Waals surface area contributed by atoms with Gasteiger partial charge >= 0.3 is 0 Å². The monoisotopic (exact) mass is 456 g/mol. The van der Waals surface area contributed by atoms with E-state index in [1.54, 1.807) is 17.5 Å². The smallest absolute Gasteiger partial charge is 0.258 e. The lowest BCUT2D eigenvalue weighted by atomic mass is 9.96. The van der Waals surface area contributed by atoms with Crippen molar-refractivity contribution < 1.29 is 9.59 Å².